The summed E-state index contributed by atoms with van der Waals surface area (Å²) < 4.78 is 0. The minimum atomic E-state index is -2.75. The fourth-order valence-corrected chi connectivity index (χ4v) is 37.1. The van der Waals surface area contributed by atoms with Gasteiger partial charge in [0.05, 0.1) is 0 Å². The van der Waals surface area contributed by atoms with Crippen LogP contribution in [0.1, 0.15) is 11.1 Å². The first-order chi connectivity index (χ1) is 64.9. The van der Waals surface area contributed by atoms with Gasteiger partial charge in [0.2, 0.25) is 13.4 Å². The molecule has 0 fully saturated rings. The summed E-state index contributed by atoms with van der Waals surface area (Å²) in [5, 5.41) is 11.2. The molecular formula is C118H77B2N5S4Si2. The van der Waals surface area contributed by atoms with Gasteiger partial charge in [-0.3, -0.25) is 0 Å². The predicted octanol–water partition coefficient (Wildman–Crippen LogP) is 20.7. The lowest BCUT2D eigenvalue weighted by Gasteiger charge is -2.45. The molecule has 19 aromatic carbocycles. The van der Waals surface area contributed by atoms with Crippen molar-refractivity contribution in [3.63, 3.8) is 0 Å². The third kappa shape index (κ3) is 12.7. The lowest BCUT2D eigenvalue weighted by Crippen LogP contribution is -2.77. The summed E-state index contributed by atoms with van der Waals surface area (Å²) in [6.07, 6.45) is 1.01. The molecule has 0 saturated carbocycles. The topological polar surface area (TPSA) is 45.2 Å². The van der Waals surface area contributed by atoms with Gasteiger partial charge in [-0.05, 0) is 182 Å². The third-order valence-electron chi connectivity index (χ3n) is 27.6. The molecule has 6 aliphatic heterocycles. The fraction of sp³-hybridized carbons (Fsp3) is 0.00847. The van der Waals surface area contributed by atoms with E-state index in [2.05, 4.69) is 404 Å². The molecule has 1 aromatic heterocycles. The van der Waals surface area contributed by atoms with Crippen LogP contribution in [0.25, 0.3) is 67.5 Å². The van der Waals surface area contributed by atoms with Gasteiger partial charge in [-0.25, -0.2) is 15.0 Å². The van der Waals surface area contributed by atoms with E-state index in [4.69, 9.17) is 15.0 Å². The quantitative estimate of drug-likeness (QED) is 0.118. The van der Waals surface area contributed by atoms with Crippen molar-refractivity contribution in [2.24, 2.45) is 0 Å². The number of hydrogen-bond donors (Lipinski definition) is 0. The van der Waals surface area contributed by atoms with E-state index in [-0.39, 0.29) is 13.4 Å². The van der Waals surface area contributed by atoms with Crippen LogP contribution in [0.5, 0.6) is 0 Å². The van der Waals surface area contributed by atoms with E-state index in [0.29, 0.717) is 17.5 Å². The van der Waals surface area contributed by atoms with Gasteiger partial charge < -0.3 is 9.80 Å². The van der Waals surface area contributed by atoms with E-state index < -0.39 is 16.1 Å². The van der Waals surface area contributed by atoms with Gasteiger partial charge in [0, 0.05) is 90.0 Å². The molecule has 1 aliphatic carbocycles. The number of nitrogens with zero attached hydrogens (tertiary/aromatic N) is 5. The van der Waals surface area contributed by atoms with Crippen molar-refractivity contribution in [1.29, 1.82) is 0 Å². The molecule has 0 saturated heterocycles. The maximum Gasteiger partial charge on any atom is 0.247 e. The average molecular weight is 1770 g/mol. The largest absolute Gasteiger partial charge is 0.311 e. The highest BCUT2D eigenvalue weighted by Crippen LogP contribution is 2.50. The smallest absolute Gasteiger partial charge is 0.247 e. The van der Waals surface area contributed by atoms with Crippen molar-refractivity contribution in [2.45, 2.75) is 45.6 Å². The SMILES string of the molecule is c1ccc(-c2nc(-c3ccccc3)nc(-c3ccc(-c4ccc5c(c4)Sc4cc(N6c7ccccc7[Si](c7ccccc7)(c7ccccc7)c7ccccc76)cc6c4B5c4ccccc4S6)cc3)n2)cc1.c1ccc([Si]2(c3ccccc3)c3ccccc3N(c3cc4c5c(c3)Sc3cc(-c6ccc7c(c6)-c6ccccc6C7)ccc3B5c3ccccc3S4)c3ccccc32)cc1. The maximum atomic E-state index is 5.00. The Morgan fingerprint density at radius 3 is 0.916 bits per heavy atom. The number of fused-ring (bicyclic) bond motifs is 15. The zero-order valence-electron chi connectivity index (χ0n) is 71.0. The molecular weight excluding hydrogens is 1690 g/mol. The van der Waals surface area contributed by atoms with Crippen LogP contribution in [-0.4, -0.2) is 44.5 Å². The van der Waals surface area contributed by atoms with Gasteiger partial charge in [-0.1, -0.05) is 445 Å². The van der Waals surface area contributed by atoms with Crippen LogP contribution < -0.4 is 84.1 Å². The normalized spacial score (nSPS) is 14.0. The highest BCUT2D eigenvalue weighted by molar-refractivity contribution is 8.02. The highest BCUT2D eigenvalue weighted by Gasteiger charge is 2.52. The van der Waals surface area contributed by atoms with Crippen molar-refractivity contribution >= 4 is 185 Å². The first-order valence-corrected chi connectivity index (χ1v) is 52.1. The van der Waals surface area contributed by atoms with Crippen LogP contribution in [0.15, 0.2) is 494 Å². The van der Waals surface area contributed by atoms with Gasteiger partial charge in [0.1, 0.15) is 0 Å². The van der Waals surface area contributed by atoms with E-state index in [1.807, 2.05) is 108 Å². The van der Waals surface area contributed by atoms with E-state index in [0.717, 1.165) is 28.7 Å². The van der Waals surface area contributed by atoms with E-state index in [9.17, 15) is 0 Å². The second-order valence-corrected chi connectivity index (χ2v) is 46.4. The molecule has 0 unspecified atom stereocenters. The molecule has 0 atom stereocenters. The standard InChI is InChI=1S/C63H41BN4S2Si.C55H36BNS2Si/c1-5-19-43(20-6-1)61-65-62(44-21-7-2-8-22-44)67-63(66-61)45-35-33-42(34-36-45)46-37-38-51-55(39-46)70-57-41-47(40-56-60(57)64(51)50-27-13-16-30-54(50)69-56)68-52-28-14-17-31-58(52)71(48-23-9-3-10-24-48,49-25-11-4-12-26-49)59-32-18-15-29-53(59)68;1-3-16-41(17-4-1)60(42-18-5-2-6-19-42)53-25-13-10-22-47(53)57(48-23-11-14-26-54(48)60)40-34-51-55-52(35-40)59-50-33-37(29-30-46(50)56(55)45-21-9-12-24-49(45)58-51)36-27-28-39-31-38-15-7-8-20-43(38)44(39)32-36/h1-41H;1-30,32-35H,31H2. The van der Waals surface area contributed by atoms with Crippen molar-refractivity contribution in [1.82, 2.24) is 15.0 Å². The highest BCUT2D eigenvalue weighted by atomic mass is 32.2. The Kier molecular flexibility index (Phi) is 18.9. The molecule has 20 aromatic rings. The molecule has 0 N–H and O–H groups in total. The van der Waals surface area contributed by atoms with E-state index >= 15 is 0 Å². The summed E-state index contributed by atoms with van der Waals surface area (Å²) in [6.45, 7) is 0.300. The van der Waals surface area contributed by atoms with Crippen LogP contribution in [0, 0.1) is 0 Å². The minimum Gasteiger partial charge on any atom is -0.311 e. The number of hydrogen-bond acceptors (Lipinski definition) is 9. The summed E-state index contributed by atoms with van der Waals surface area (Å²) in [5.41, 5.74) is 29.1. The Balaban J connectivity index is 0.000000139. The van der Waals surface area contributed by atoms with Gasteiger partial charge in [0.15, 0.2) is 33.6 Å². The molecule has 7 aliphatic rings. The summed E-state index contributed by atoms with van der Waals surface area (Å²) in [7, 11) is -5.47. The first kappa shape index (κ1) is 77.9. The minimum absolute atomic E-state index is 0.123. The Hall–Kier alpha value is -14.2. The Bertz CT molecular complexity index is 7760. The van der Waals surface area contributed by atoms with Crippen LogP contribution in [0.3, 0.4) is 0 Å². The van der Waals surface area contributed by atoms with E-state index in [1.54, 1.807) is 0 Å². The van der Waals surface area contributed by atoms with E-state index in [1.165, 1.54) is 187 Å². The summed E-state index contributed by atoms with van der Waals surface area (Å²) >= 11 is 7.70. The predicted molar refractivity (Wildman–Crippen MR) is 557 cm³/mol. The number of benzene rings is 19. The zero-order chi connectivity index (χ0) is 86.2. The second-order valence-electron chi connectivity index (χ2n) is 34.6. The van der Waals surface area contributed by atoms with Crippen molar-refractivity contribution in [2.75, 3.05) is 9.80 Å². The maximum absolute atomic E-state index is 5.00. The van der Waals surface area contributed by atoms with Crippen molar-refractivity contribution in [3.05, 3.63) is 466 Å². The molecule has 0 radical (unpaired) electrons. The number of rotatable bonds is 11. The molecule has 0 amide bonds. The van der Waals surface area contributed by atoms with Gasteiger partial charge in [0.25, 0.3) is 0 Å². The second kappa shape index (κ2) is 31.9. The molecule has 131 heavy (non-hydrogen) atoms. The molecule has 0 spiro atoms. The van der Waals surface area contributed by atoms with Crippen LogP contribution >= 0.6 is 47.0 Å². The Morgan fingerprint density at radius 1 is 0.214 bits per heavy atom. The van der Waals surface area contributed by atoms with Crippen molar-refractivity contribution < 1.29 is 0 Å². The number of aromatic nitrogens is 3. The molecule has 27 rings (SSSR count). The first-order valence-electron chi connectivity index (χ1n) is 44.9. The number of anilines is 6. The summed E-state index contributed by atoms with van der Waals surface area (Å²) in [5.74, 6) is 1.96. The molecule has 0 bridgehead atoms. The van der Waals surface area contributed by atoms with Gasteiger partial charge >= 0.3 is 0 Å². The van der Waals surface area contributed by atoms with Crippen LogP contribution in [-0.2, 0) is 6.42 Å². The molecule has 612 valence electrons. The van der Waals surface area contributed by atoms with Crippen LogP contribution in [0.2, 0.25) is 0 Å². The lowest BCUT2D eigenvalue weighted by molar-refractivity contribution is 1.07. The Morgan fingerprint density at radius 2 is 0.504 bits per heavy atom. The average Bonchev–Trinajstić information content (AvgIpc) is 0.845. The molecule has 5 nitrogen and oxygen atoms in total. The summed E-state index contributed by atoms with van der Waals surface area (Å²) in [6, 6.07) is 169. The summed E-state index contributed by atoms with van der Waals surface area (Å²) in [4.78, 5) is 30.6. The van der Waals surface area contributed by atoms with Gasteiger partial charge in [-0.15, -0.1) is 0 Å². The van der Waals surface area contributed by atoms with Crippen molar-refractivity contribution in [3.8, 4) is 67.5 Å². The third-order valence-corrected chi connectivity index (χ3v) is 41.9. The van der Waals surface area contributed by atoms with Gasteiger partial charge in [-0.2, -0.15) is 0 Å². The number of para-hydroxylation sites is 4. The zero-order valence-corrected chi connectivity index (χ0v) is 76.3. The monoisotopic (exact) mass is 1770 g/mol. The molecule has 13 heteroatoms. The fourth-order valence-electron chi connectivity index (χ4n) is 21.9. The lowest BCUT2D eigenvalue weighted by atomic mass is 9.36. The Labute approximate surface area is 782 Å². The van der Waals surface area contributed by atoms with Crippen LogP contribution in [0.4, 0.5) is 34.1 Å². The molecule has 7 heterocycles.